The number of amides is 1. The van der Waals surface area contributed by atoms with Gasteiger partial charge in [0.05, 0.1) is 18.1 Å². The van der Waals surface area contributed by atoms with Crippen molar-refractivity contribution in [3.8, 4) is 0 Å². The highest BCUT2D eigenvalue weighted by atomic mass is 35.5. The summed E-state index contributed by atoms with van der Waals surface area (Å²) < 4.78 is 2.08. The van der Waals surface area contributed by atoms with Crippen LogP contribution in [0.3, 0.4) is 0 Å². The van der Waals surface area contributed by atoms with Crippen molar-refractivity contribution in [1.82, 2.24) is 25.1 Å². The summed E-state index contributed by atoms with van der Waals surface area (Å²) in [6.07, 6.45) is 8.30. The minimum atomic E-state index is 0. The standard InChI is InChI=1S/C16H27N5O.ClH/c1-20-12-17-9-14(20)11-21-7-3-4-13(10-21)8-19-16(22)15-5-2-6-18-15;/h9,12-13,15,18H,2-8,10-11H2,1H3,(H,19,22);1H. The van der Waals surface area contributed by atoms with Gasteiger partial charge in [-0.3, -0.25) is 9.69 Å². The maximum absolute atomic E-state index is 12.1. The van der Waals surface area contributed by atoms with E-state index in [0.29, 0.717) is 5.92 Å². The first-order valence-corrected chi connectivity index (χ1v) is 8.41. The third-order valence-electron chi connectivity index (χ3n) is 4.85. The summed E-state index contributed by atoms with van der Waals surface area (Å²) in [5.41, 5.74) is 1.25. The Bertz CT molecular complexity index is 500. The fourth-order valence-electron chi connectivity index (χ4n) is 3.50. The zero-order chi connectivity index (χ0) is 15.4. The number of aromatic nitrogens is 2. The molecule has 0 spiro atoms. The molecule has 23 heavy (non-hydrogen) atoms. The van der Waals surface area contributed by atoms with Gasteiger partial charge in [0.15, 0.2) is 0 Å². The largest absolute Gasteiger partial charge is 0.354 e. The zero-order valence-electron chi connectivity index (χ0n) is 13.8. The van der Waals surface area contributed by atoms with Crippen LogP contribution in [0.1, 0.15) is 31.4 Å². The third kappa shape index (κ3) is 4.93. The number of carbonyl (C=O) groups excluding carboxylic acids is 1. The molecule has 1 amide bonds. The number of piperidine rings is 1. The van der Waals surface area contributed by atoms with E-state index in [1.165, 1.54) is 18.5 Å². The summed E-state index contributed by atoms with van der Waals surface area (Å²) >= 11 is 0. The Morgan fingerprint density at radius 1 is 1.43 bits per heavy atom. The van der Waals surface area contributed by atoms with Crippen LogP contribution in [-0.2, 0) is 18.4 Å². The van der Waals surface area contributed by atoms with E-state index in [0.717, 1.165) is 45.6 Å². The first-order chi connectivity index (χ1) is 10.7. The van der Waals surface area contributed by atoms with Crippen LogP contribution in [0.2, 0.25) is 0 Å². The molecule has 3 heterocycles. The molecule has 2 aliphatic rings. The molecule has 0 bridgehead atoms. The summed E-state index contributed by atoms with van der Waals surface area (Å²) in [6.45, 7) is 4.92. The molecule has 2 fully saturated rings. The molecule has 2 aliphatic heterocycles. The van der Waals surface area contributed by atoms with Crippen molar-refractivity contribution in [1.29, 1.82) is 0 Å². The summed E-state index contributed by atoms with van der Waals surface area (Å²) in [5.74, 6) is 0.744. The maximum Gasteiger partial charge on any atom is 0.237 e. The van der Waals surface area contributed by atoms with Gasteiger partial charge < -0.3 is 15.2 Å². The molecule has 7 heteroatoms. The number of nitrogens with one attached hydrogen (secondary N) is 2. The van der Waals surface area contributed by atoms with Gasteiger partial charge in [-0.1, -0.05) is 0 Å². The van der Waals surface area contributed by atoms with Crippen molar-refractivity contribution in [3.63, 3.8) is 0 Å². The lowest BCUT2D eigenvalue weighted by molar-refractivity contribution is -0.123. The van der Waals surface area contributed by atoms with Crippen LogP contribution in [0.15, 0.2) is 12.5 Å². The molecule has 2 atom stereocenters. The molecular weight excluding hydrogens is 314 g/mol. The highest BCUT2D eigenvalue weighted by Gasteiger charge is 2.24. The van der Waals surface area contributed by atoms with Crippen LogP contribution >= 0.6 is 12.4 Å². The molecule has 0 aromatic carbocycles. The number of imidazole rings is 1. The van der Waals surface area contributed by atoms with Gasteiger partial charge >= 0.3 is 0 Å². The molecule has 3 rings (SSSR count). The number of halogens is 1. The lowest BCUT2D eigenvalue weighted by Crippen LogP contribution is -2.45. The molecular formula is C16H28ClN5O. The average molecular weight is 342 g/mol. The first kappa shape index (κ1) is 18.2. The van der Waals surface area contributed by atoms with Crippen LogP contribution in [0.25, 0.3) is 0 Å². The van der Waals surface area contributed by atoms with E-state index in [-0.39, 0.29) is 24.4 Å². The van der Waals surface area contributed by atoms with E-state index in [4.69, 9.17) is 0 Å². The second-order valence-corrected chi connectivity index (χ2v) is 6.63. The molecule has 2 saturated heterocycles. The monoisotopic (exact) mass is 341 g/mol. The van der Waals surface area contributed by atoms with Gasteiger partial charge in [0, 0.05) is 32.9 Å². The quantitative estimate of drug-likeness (QED) is 0.836. The molecule has 2 N–H and O–H groups in total. The Hall–Kier alpha value is -1.11. The number of likely N-dealkylation sites (tertiary alicyclic amines) is 1. The normalized spacial score (nSPS) is 25.1. The number of hydrogen-bond donors (Lipinski definition) is 2. The summed E-state index contributed by atoms with van der Waals surface area (Å²) in [7, 11) is 2.04. The van der Waals surface area contributed by atoms with Crippen LogP contribution in [-0.4, -0.2) is 52.6 Å². The number of carbonyl (C=O) groups is 1. The van der Waals surface area contributed by atoms with E-state index in [1.807, 2.05) is 19.6 Å². The van der Waals surface area contributed by atoms with E-state index < -0.39 is 0 Å². The fourth-order valence-corrected chi connectivity index (χ4v) is 3.50. The van der Waals surface area contributed by atoms with Crippen LogP contribution in [0.4, 0.5) is 0 Å². The number of aryl methyl sites for hydroxylation is 1. The minimum Gasteiger partial charge on any atom is -0.354 e. The predicted octanol–water partition coefficient (Wildman–Crippen LogP) is 0.922. The van der Waals surface area contributed by atoms with Gasteiger partial charge in [0.2, 0.25) is 5.91 Å². The van der Waals surface area contributed by atoms with E-state index in [2.05, 4.69) is 25.1 Å². The van der Waals surface area contributed by atoms with Crippen LogP contribution in [0.5, 0.6) is 0 Å². The van der Waals surface area contributed by atoms with Crippen molar-refractivity contribution in [2.45, 2.75) is 38.3 Å². The average Bonchev–Trinajstić information content (AvgIpc) is 3.18. The number of hydrogen-bond acceptors (Lipinski definition) is 4. The SMILES string of the molecule is Cl.Cn1cncc1CN1CCCC(CNC(=O)C2CCCN2)C1. The molecule has 130 valence electrons. The van der Waals surface area contributed by atoms with E-state index in [1.54, 1.807) is 0 Å². The van der Waals surface area contributed by atoms with E-state index in [9.17, 15) is 4.79 Å². The van der Waals surface area contributed by atoms with Crippen LogP contribution < -0.4 is 10.6 Å². The van der Waals surface area contributed by atoms with Gasteiger partial charge in [-0.25, -0.2) is 4.98 Å². The maximum atomic E-state index is 12.1. The first-order valence-electron chi connectivity index (χ1n) is 8.41. The zero-order valence-corrected chi connectivity index (χ0v) is 14.6. The molecule has 0 saturated carbocycles. The summed E-state index contributed by atoms with van der Waals surface area (Å²) in [6, 6.07) is 0.0362. The topological polar surface area (TPSA) is 62.2 Å². The third-order valence-corrected chi connectivity index (χ3v) is 4.85. The molecule has 0 radical (unpaired) electrons. The molecule has 0 aliphatic carbocycles. The number of nitrogens with zero attached hydrogens (tertiary/aromatic N) is 3. The molecule has 1 aromatic rings. The fraction of sp³-hybridized carbons (Fsp3) is 0.750. The molecule has 6 nitrogen and oxygen atoms in total. The second kappa shape index (κ2) is 8.66. The van der Waals surface area contributed by atoms with Gasteiger partial charge in [0.25, 0.3) is 0 Å². The summed E-state index contributed by atoms with van der Waals surface area (Å²) in [4.78, 5) is 18.7. The van der Waals surface area contributed by atoms with Gasteiger partial charge in [-0.2, -0.15) is 0 Å². The Morgan fingerprint density at radius 2 is 2.30 bits per heavy atom. The Kier molecular flexibility index (Phi) is 6.87. The highest BCUT2D eigenvalue weighted by Crippen LogP contribution is 2.18. The smallest absolute Gasteiger partial charge is 0.237 e. The van der Waals surface area contributed by atoms with Crippen LogP contribution in [0, 0.1) is 5.92 Å². The lowest BCUT2D eigenvalue weighted by Gasteiger charge is -2.33. The minimum absolute atomic E-state index is 0. The molecule has 1 aromatic heterocycles. The van der Waals surface area contributed by atoms with E-state index >= 15 is 0 Å². The lowest BCUT2D eigenvalue weighted by atomic mass is 9.97. The second-order valence-electron chi connectivity index (χ2n) is 6.63. The van der Waals surface area contributed by atoms with Crippen molar-refractivity contribution < 1.29 is 4.79 Å². The van der Waals surface area contributed by atoms with Gasteiger partial charge in [-0.15, -0.1) is 12.4 Å². The Balaban J connectivity index is 0.00000192. The van der Waals surface area contributed by atoms with Crippen molar-refractivity contribution >= 4 is 18.3 Å². The van der Waals surface area contributed by atoms with Crippen molar-refractivity contribution in [3.05, 3.63) is 18.2 Å². The van der Waals surface area contributed by atoms with Gasteiger partial charge in [0.1, 0.15) is 0 Å². The van der Waals surface area contributed by atoms with Gasteiger partial charge in [-0.05, 0) is 44.7 Å². The Morgan fingerprint density at radius 3 is 3.00 bits per heavy atom. The number of rotatable bonds is 5. The summed E-state index contributed by atoms with van der Waals surface area (Å²) in [5, 5.41) is 6.40. The van der Waals surface area contributed by atoms with Crippen molar-refractivity contribution in [2.75, 3.05) is 26.2 Å². The Labute approximate surface area is 144 Å². The van der Waals surface area contributed by atoms with Crippen molar-refractivity contribution in [2.24, 2.45) is 13.0 Å². The predicted molar refractivity (Wildman–Crippen MR) is 92.5 cm³/mol. The highest BCUT2D eigenvalue weighted by molar-refractivity contribution is 5.85. The molecule has 2 unspecified atom stereocenters.